The first kappa shape index (κ1) is 16.4. The van der Waals surface area contributed by atoms with Gasteiger partial charge in [-0.1, -0.05) is 30.3 Å². The van der Waals surface area contributed by atoms with E-state index < -0.39 is 19.2 Å². The lowest BCUT2D eigenvalue weighted by molar-refractivity contribution is -0.155. The van der Waals surface area contributed by atoms with E-state index >= 15 is 0 Å². The van der Waals surface area contributed by atoms with Crippen molar-refractivity contribution in [1.29, 1.82) is 0 Å². The standard InChI is InChI=1S/C15H16NO5P/c1-15(14(17)18,13-7-9-16-10-8-13)21-22(19,20)11-12-5-3-2-4-6-12/h2-10H,11H2,1H3,(H,17,18)(H,19,20). The third-order valence-electron chi connectivity index (χ3n) is 3.19. The zero-order chi connectivity index (χ0) is 16.2. The minimum atomic E-state index is -4.16. The lowest BCUT2D eigenvalue weighted by atomic mass is 9.98. The summed E-state index contributed by atoms with van der Waals surface area (Å²) in [6, 6.07) is 11.5. The molecule has 2 N–H and O–H groups in total. The van der Waals surface area contributed by atoms with Crippen molar-refractivity contribution in [2.75, 3.05) is 0 Å². The van der Waals surface area contributed by atoms with Crippen LogP contribution in [-0.4, -0.2) is 21.0 Å². The average molecular weight is 321 g/mol. The van der Waals surface area contributed by atoms with Crippen LogP contribution in [0, 0.1) is 0 Å². The molecule has 22 heavy (non-hydrogen) atoms. The monoisotopic (exact) mass is 321 g/mol. The highest BCUT2D eigenvalue weighted by molar-refractivity contribution is 7.52. The van der Waals surface area contributed by atoms with E-state index in [-0.39, 0.29) is 11.7 Å². The Balaban J connectivity index is 2.28. The fourth-order valence-electron chi connectivity index (χ4n) is 2.02. The van der Waals surface area contributed by atoms with Gasteiger partial charge in [-0.25, -0.2) is 4.79 Å². The molecule has 0 bridgehead atoms. The van der Waals surface area contributed by atoms with Gasteiger partial charge in [-0.2, -0.15) is 0 Å². The van der Waals surface area contributed by atoms with Gasteiger partial charge in [-0.05, 0) is 30.2 Å². The normalized spacial score (nSPS) is 16.5. The highest BCUT2D eigenvalue weighted by Gasteiger charge is 2.42. The van der Waals surface area contributed by atoms with E-state index in [2.05, 4.69) is 4.98 Å². The molecule has 0 amide bonds. The summed E-state index contributed by atoms with van der Waals surface area (Å²) in [7, 11) is -4.16. The van der Waals surface area contributed by atoms with Crippen molar-refractivity contribution in [2.45, 2.75) is 18.7 Å². The number of aromatic nitrogens is 1. The summed E-state index contributed by atoms with van der Waals surface area (Å²) in [6.07, 6.45) is 2.54. The molecule has 0 aliphatic heterocycles. The Labute approximate surface area is 127 Å². The summed E-state index contributed by atoms with van der Waals surface area (Å²) < 4.78 is 17.5. The highest BCUT2D eigenvalue weighted by Crippen LogP contribution is 2.51. The lowest BCUT2D eigenvalue weighted by Gasteiger charge is -2.28. The molecule has 2 rings (SSSR count). The van der Waals surface area contributed by atoms with E-state index in [0.717, 1.165) is 0 Å². The number of benzene rings is 1. The molecule has 1 aromatic carbocycles. The van der Waals surface area contributed by atoms with Crippen molar-refractivity contribution in [2.24, 2.45) is 0 Å². The van der Waals surface area contributed by atoms with E-state index in [1.807, 2.05) is 0 Å². The molecule has 6 nitrogen and oxygen atoms in total. The molecule has 2 unspecified atom stereocenters. The SMILES string of the molecule is CC(OP(=O)(O)Cc1ccccc1)(C(=O)O)c1ccncc1. The van der Waals surface area contributed by atoms with Gasteiger partial charge in [-0.3, -0.25) is 14.1 Å². The van der Waals surface area contributed by atoms with Gasteiger partial charge in [0.25, 0.3) is 0 Å². The van der Waals surface area contributed by atoms with Gasteiger partial charge in [0, 0.05) is 12.4 Å². The molecule has 1 heterocycles. The van der Waals surface area contributed by atoms with Crippen LogP contribution in [0.3, 0.4) is 0 Å². The number of aliphatic carboxylic acids is 1. The van der Waals surface area contributed by atoms with Crippen molar-refractivity contribution < 1.29 is 23.9 Å². The maximum absolute atomic E-state index is 12.3. The maximum Gasteiger partial charge on any atom is 0.340 e. The summed E-state index contributed by atoms with van der Waals surface area (Å²) >= 11 is 0. The Morgan fingerprint density at radius 1 is 1.23 bits per heavy atom. The molecule has 0 spiro atoms. The number of rotatable bonds is 6. The highest BCUT2D eigenvalue weighted by atomic mass is 31.2. The van der Waals surface area contributed by atoms with Gasteiger partial charge in [-0.15, -0.1) is 0 Å². The predicted molar refractivity (Wildman–Crippen MR) is 80.3 cm³/mol. The van der Waals surface area contributed by atoms with Crippen LogP contribution in [0.5, 0.6) is 0 Å². The quantitative estimate of drug-likeness (QED) is 0.794. The van der Waals surface area contributed by atoms with Crippen LogP contribution < -0.4 is 0 Å². The van der Waals surface area contributed by atoms with E-state index in [9.17, 15) is 19.4 Å². The van der Waals surface area contributed by atoms with E-state index in [0.29, 0.717) is 5.56 Å². The van der Waals surface area contributed by atoms with E-state index in [4.69, 9.17) is 4.52 Å². The average Bonchev–Trinajstić information content (AvgIpc) is 2.48. The van der Waals surface area contributed by atoms with Crippen molar-refractivity contribution in [3.63, 3.8) is 0 Å². The van der Waals surface area contributed by atoms with Crippen molar-refractivity contribution in [1.82, 2.24) is 4.98 Å². The Kier molecular flexibility index (Phi) is 4.76. The van der Waals surface area contributed by atoms with Crippen molar-refractivity contribution in [3.8, 4) is 0 Å². The molecule has 7 heteroatoms. The van der Waals surface area contributed by atoms with Gasteiger partial charge in [0.2, 0.25) is 0 Å². The van der Waals surface area contributed by atoms with Gasteiger partial charge in [0.15, 0.2) is 5.60 Å². The summed E-state index contributed by atoms with van der Waals surface area (Å²) in [5.41, 5.74) is -1.09. The molecular weight excluding hydrogens is 305 g/mol. The molecule has 0 aliphatic rings. The number of carboxylic acid groups (broad SMARTS) is 1. The molecule has 1 aromatic heterocycles. The predicted octanol–water partition coefficient (Wildman–Crippen LogP) is 2.78. The first-order valence-electron chi connectivity index (χ1n) is 6.54. The molecule has 2 atom stereocenters. The zero-order valence-electron chi connectivity index (χ0n) is 11.9. The molecule has 116 valence electrons. The molecule has 0 aliphatic carbocycles. The van der Waals surface area contributed by atoms with Crippen LogP contribution in [0.25, 0.3) is 0 Å². The zero-order valence-corrected chi connectivity index (χ0v) is 12.8. The molecule has 0 saturated heterocycles. The fraction of sp³-hybridized carbons (Fsp3) is 0.200. The van der Waals surface area contributed by atoms with Gasteiger partial charge >= 0.3 is 13.6 Å². The molecular formula is C15H16NO5P. The number of hydrogen-bond donors (Lipinski definition) is 2. The summed E-state index contributed by atoms with van der Waals surface area (Å²) in [5.74, 6) is -1.35. The number of carbonyl (C=O) groups is 1. The molecule has 2 aromatic rings. The second-order valence-corrected chi connectivity index (χ2v) is 6.72. The largest absolute Gasteiger partial charge is 0.479 e. The van der Waals surface area contributed by atoms with Gasteiger partial charge in [0.1, 0.15) is 0 Å². The lowest BCUT2D eigenvalue weighted by Crippen LogP contribution is -2.34. The second-order valence-electron chi connectivity index (χ2n) is 4.95. The van der Waals surface area contributed by atoms with Crippen LogP contribution in [0.2, 0.25) is 0 Å². The minimum absolute atomic E-state index is 0.248. The Morgan fingerprint density at radius 3 is 2.36 bits per heavy atom. The second kappa shape index (κ2) is 6.40. The van der Waals surface area contributed by atoms with Gasteiger partial charge < -0.3 is 10.00 Å². The topological polar surface area (TPSA) is 96.7 Å². The van der Waals surface area contributed by atoms with Gasteiger partial charge in [0.05, 0.1) is 6.16 Å². The van der Waals surface area contributed by atoms with E-state index in [1.165, 1.54) is 31.5 Å². The molecule has 0 radical (unpaired) electrons. The summed E-state index contributed by atoms with van der Waals surface area (Å²) in [4.78, 5) is 25.4. The Hall–Kier alpha value is -2.01. The first-order chi connectivity index (χ1) is 10.3. The smallest absolute Gasteiger partial charge is 0.340 e. The molecule has 0 saturated carbocycles. The summed E-state index contributed by atoms with van der Waals surface area (Å²) in [5, 5.41) is 9.44. The van der Waals surface area contributed by atoms with Crippen LogP contribution in [-0.2, 0) is 25.6 Å². The fourth-order valence-corrected chi connectivity index (χ4v) is 3.51. The number of hydrogen-bond acceptors (Lipinski definition) is 4. The molecule has 0 fully saturated rings. The number of carboxylic acids is 1. The van der Waals surface area contributed by atoms with Crippen molar-refractivity contribution in [3.05, 3.63) is 66.0 Å². The third kappa shape index (κ3) is 3.80. The third-order valence-corrected chi connectivity index (χ3v) is 4.60. The minimum Gasteiger partial charge on any atom is -0.479 e. The number of nitrogens with zero attached hydrogens (tertiary/aromatic N) is 1. The maximum atomic E-state index is 12.3. The van der Waals surface area contributed by atoms with Crippen molar-refractivity contribution >= 4 is 13.6 Å². The summed E-state index contributed by atoms with van der Waals surface area (Å²) in [6.45, 7) is 1.25. The van der Waals surface area contributed by atoms with E-state index in [1.54, 1.807) is 30.3 Å². The van der Waals surface area contributed by atoms with Crippen LogP contribution in [0.4, 0.5) is 0 Å². The van der Waals surface area contributed by atoms with Crippen LogP contribution >= 0.6 is 7.60 Å². The Bertz CT molecular complexity index is 692. The van der Waals surface area contributed by atoms with Crippen LogP contribution in [0.1, 0.15) is 18.1 Å². The Morgan fingerprint density at radius 2 is 1.82 bits per heavy atom. The number of pyridine rings is 1. The van der Waals surface area contributed by atoms with Crippen LogP contribution in [0.15, 0.2) is 54.9 Å². The first-order valence-corrected chi connectivity index (χ1v) is 8.30.